The molecule has 2 atom stereocenters. The molecule has 0 aliphatic carbocycles. The van der Waals surface area contributed by atoms with Crippen LogP contribution in [0.4, 0.5) is 0 Å². The van der Waals surface area contributed by atoms with Crippen molar-refractivity contribution in [3.05, 3.63) is 0 Å². The molecule has 0 aromatic heterocycles. The van der Waals surface area contributed by atoms with E-state index in [9.17, 15) is 9.59 Å². The first kappa shape index (κ1) is 12.0. The molecule has 0 spiro atoms. The van der Waals surface area contributed by atoms with Crippen molar-refractivity contribution in [1.82, 2.24) is 0 Å². The summed E-state index contributed by atoms with van der Waals surface area (Å²) in [6.45, 7) is 2.51. The minimum atomic E-state index is -0.770. The number of primary amides is 1. The number of epoxide rings is 1. The normalized spacial score (nSPS) is 23.5. The lowest BCUT2D eigenvalue weighted by Crippen LogP contribution is -2.24. The fourth-order valence-electron chi connectivity index (χ4n) is 1.29. The van der Waals surface area contributed by atoms with E-state index in [1.54, 1.807) is 0 Å². The second-order valence-electron chi connectivity index (χ2n) is 3.61. The Bertz CT molecular complexity index is 242. The molecule has 0 aromatic carbocycles. The van der Waals surface area contributed by atoms with Gasteiger partial charge in [-0.2, -0.15) is 0 Å². The van der Waals surface area contributed by atoms with Crippen LogP contribution in [0.1, 0.15) is 32.6 Å². The highest BCUT2D eigenvalue weighted by Crippen LogP contribution is 2.22. The van der Waals surface area contributed by atoms with Gasteiger partial charge in [0.15, 0.2) is 12.2 Å². The molecule has 1 saturated heterocycles. The van der Waals surface area contributed by atoms with E-state index < -0.39 is 24.1 Å². The van der Waals surface area contributed by atoms with Crippen molar-refractivity contribution >= 4 is 11.9 Å². The summed E-state index contributed by atoms with van der Waals surface area (Å²) < 4.78 is 9.69. The van der Waals surface area contributed by atoms with Gasteiger partial charge in [0.25, 0.3) is 0 Å². The summed E-state index contributed by atoms with van der Waals surface area (Å²) in [6, 6.07) is 0. The van der Waals surface area contributed by atoms with Crippen LogP contribution in [0.3, 0.4) is 0 Å². The molecule has 15 heavy (non-hydrogen) atoms. The van der Waals surface area contributed by atoms with Gasteiger partial charge in [0.1, 0.15) is 0 Å². The fourth-order valence-corrected chi connectivity index (χ4v) is 1.29. The van der Waals surface area contributed by atoms with E-state index >= 15 is 0 Å². The third-order valence-electron chi connectivity index (χ3n) is 2.25. The highest BCUT2D eigenvalue weighted by atomic mass is 16.6. The molecular formula is C10H17NO4. The third kappa shape index (κ3) is 3.87. The van der Waals surface area contributed by atoms with Crippen molar-refractivity contribution in [1.29, 1.82) is 0 Å². The molecule has 1 aliphatic rings. The molecule has 1 amide bonds. The second kappa shape index (κ2) is 5.70. The maximum atomic E-state index is 11.2. The lowest BCUT2D eigenvalue weighted by molar-refractivity contribution is -0.145. The van der Waals surface area contributed by atoms with Crippen molar-refractivity contribution < 1.29 is 19.1 Å². The zero-order valence-corrected chi connectivity index (χ0v) is 8.90. The highest BCUT2D eigenvalue weighted by Gasteiger charge is 2.50. The predicted molar refractivity (Wildman–Crippen MR) is 53.0 cm³/mol. The standard InChI is InChI=1S/C10H17NO4/c1-2-3-4-5-6-14-10(13)8-7(15-8)9(11)12/h7-8H,2-6H2,1H3,(H2,11,12). The highest BCUT2D eigenvalue weighted by molar-refractivity contribution is 5.91. The third-order valence-corrected chi connectivity index (χ3v) is 2.25. The van der Waals surface area contributed by atoms with Crippen LogP contribution in [-0.4, -0.2) is 30.7 Å². The van der Waals surface area contributed by atoms with E-state index in [4.69, 9.17) is 15.2 Å². The summed E-state index contributed by atoms with van der Waals surface area (Å²) in [6.07, 6.45) is 2.66. The largest absolute Gasteiger partial charge is 0.464 e. The Balaban J connectivity index is 2.03. The maximum Gasteiger partial charge on any atom is 0.338 e. The number of esters is 1. The molecule has 1 fully saturated rings. The van der Waals surface area contributed by atoms with Gasteiger partial charge in [-0.1, -0.05) is 26.2 Å². The van der Waals surface area contributed by atoms with Crippen LogP contribution >= 0.6 is 0 Å². The number of nitrogens with two attached hydrogens (primary N) is 1. The molecule has 2 N–H and O–H groups in total. The summed E-state index contributed by atoms with van der Waals surface area (Å²) in [7, 11) is 0. The molecule has 2 unspecified atom stereocenters. The Kier molecular flexibility index (Phi) is 4.55. The summed E-state index contributed by atoms with van der Waals surface area (Å²) in [5.74, 6) is -1.08. The van der Waals surface area contributed by atoms with Gasteiger partial charge in [0.2, 0.25) is 5.91 Å². The van der Waals surface area contributed by atoms with Crippen molar-refractivity contribution in [2.24, 2.45) is 5.73 Å². The van der Waals surface area contributed by atoms with Gasteiger partial charge in [-0.3, -0.25) is 4.79 Å². The van der Waals surface area contributed by atoms with Crippen molar-refractivity contribution in [2.75, 3.05) is 6.61 Å². The van der Waals surface area contributed by atoms with E-state index in [1.807, 2.05) is 0 Å². The molecule has 5 nitrogen and oxygen atoms in total. The number of carbonyl (C=O) groups excluding carboxylic acids is 2. The van der Waals surface area contributed by atoms with Crippen molar-refractivity contribution in [3.63, 3.8) is 0 Å². The second-order valence-corrected chi connectivity index (χ2v) is 3.61. The monoisotopic (exact) mass is 215 g/mol. The summed E-state index contributed by atoms with van der Waals surface area (Å²) >= 11 is 0. The first-order chi connectivity index (χ1) is 7.16. The van der Waals surface area contributed by atoms with Crippen LogP contribution in [-0.2, 0) is 19.1 Å². The van der Waals surface area contributed by atoms with Gasteiger partial charge >= 0.3 is 5.97 Å². The number of rotatable bonds is 7. The smallest absolute Gasteiger partial charge is 0.338 e. The van der Waals surface area contributed by atoms with Crippen LogP contribution in [0.15, 0.2) is 0 Å². The molecule has 0 aromatic rings. The van der Waals surface area contributed by atoms with Crippen LogP contribution in [0, 0.1) is 0 Å². The minimum Gasteiger partial charge on any atom is -0.464 e. The van der Waals surface area contributed by atoms with Gasteiger partial charge < -0.3 is 15.2 Å². The van der Waals surface area contributed by atoms with Gasteiger partial charge in [0.05, 0.1) is 6.61 Å². The SMILES string of the molecule is CCCCCCOC(=O)C1OC1C(N)=O. The zero-order valence-electron chi connectivity index (χ0n) is 8.90. The van der Waals surface area contributed by atoms with Gasteiger partial charge in [-0.15, -0.1) is 0 Å². The van der Waals surface area contributed by atoms with Crippen molar-refractivity contribution in [3.8, 4) is 0 Å². The number of ether oxygens (including phenoxy) is 2. The van der Waals surface area contributed by atoms with Crippen LogP contribution in [0.2, 0.25) is 0 Å². The lowest BCUT2D eigenvalue weighted by Gasteiger charge is -2.01. The number of unbranched alkanes of at least 4 members (excludes halogenated alkanes) is 3. The number of amides is 1. The Labute approximate surface area is 88.9 Å². The van der Waals surface area contributed by atoms with E-state index in [1.165, 1.54) is 0 Å². The zero-order chi connectivity index (χ0) is 11.3. The maximum absolute atomic E-state index is 11.2. The van der Waals surface area contributed by atoms with E-state index in [-0.39, 0.29) is 0 Å². The Morgan fingerprint density at radius 1 is 1.27 bits per heavy atom. The molecule has 0 saturated carbocycles. The topological polar surface area (TPSA) is 81.9 Å². The van der Waals surface area contributed by atoms with Gasteiger partial charge in [-0.25, -0.2) is 4.79 Å². The van der Waals surface area contributed by atoms with Gasteiger partial charge in [-0.05, 0) is 6.42 Å². The number of hydrogen-bond acceptors (Lipinski definition) is 4. The lowest BCUT2D eigenvalue weighted by atomic mass is 10.2. The van der Waals surface area contributed by atoms with E-state index in [0.717, 1.165) is 25.7 Å². The van der Waals surface area contributed by atoms with Crippen molar-refractivity contribution in [2.45, 2.75) is 44.8 Å². The Hall–Kier alpha value is -1.10. The van der Waals surface area contributed by atoms with E-state index in [0.29, 0.717) is 6.61 Å². The van der Waals surface area contributed by atoms with Gasteiger partial charge in [0, 0.05) is 0 Å². The molecule has 86 valence electrons. The molecular weight excluding hydrogens is 198 g/mol. The molecule has 0 bridgehead atoms. The Morgan fingerprint density at radius 2 is 2.00 bits per heavy atom. The number of hydrogen-bond donors (Lipinski definition) is 1. The summed E-state index contributed by atoms with van der Waals surface area (Å²) in [5.41, 5.74) is 4.95. The molecule has 1 aliphatic heterocycles. The van der Waals surface area contributed by atoms with Crippen LogP contribution in [0.25, 0.3) is 0 Å². The quantitative estimate of drug-likeness (QED) is 0.377. The Morgan fingerprint density at radius 3 is 2.53 bits per heavy atom. The van der Waals surface area contributed by atoms with Crippen LogP contribution < -0.4 is 5.73 Å². The summed E-state index contributed by atoms with van der Waals surface area (Å²) in [4.78, 5) is 21.8. The first-order valence-electron chi connectivity index (χ1n) is 5.28. The molecule has 1 heterocycles. The first-order valence-corrected chi connectivity index (χ1v) is 5.28. The van der Waals surface area contributed by atoms with Crippen LogP contribution in [0.5, 0.6) is 0 Å². The average Bonchev–Trinajstić information content (AvgIpc) is 2.96. The predicted octanol–water partition coefficient (Wildman–Crippen LogP) is 0.363. The average molecular weight is 215 g/mol. The molecule has 1 rings (SSSR count). The molecule has 0 radical (unpaired) electrons. The molecule has 5 heteroatoms. The minimum absolute atomic E-state index is 0.393. The summed E-state index contributed by atoms with van der Waals surface area (Å²) in [5, 5.41) is 0. The van der Waals surface area contributed by atoms with E-state index in [2.05, 4.69) is 6.92 Å². The fraction of sp³-hybridized carbons (Fsp3) is 0.800. The number of carbonyl (C=O) groups is 2.